The number of ether oxygens (including phenoxy) is 1. The molecule has 74 heavy (non-hydrogen) atoms. The van der Waals surface area contributed by atoms with Gasteiger partial charge in [-0.1, -0.05) is 300 Å². The monoisotopic (exact) mass is 1040 g/mol. The fourth-order valence-electron chi connectivity index (χ4n) is 10.1. The lowest BCUT2D eigenvalue weighted by atomic mass is 10.0. The Morgan fingerprint density at radius 3 is 1.16 bits per heavy atom. The number of carbonyl (C=O) groups excluding carboxylic acids is 2. The van der Waals surface area contributed by atoms with Gasteiger partial charge in [-0.25, -0.2) is 0 Å². The molecular weight excluding hydrogens is 911 g/mol. The second-order valence-electron chi connectivity index (χ2n) is 22.5. The number of hydrogen-bond acceptors (Lipinski definition) is 5. The summed E-state index contributed by atoms with van der Waals surface area (Å²) in [6.07, 6.45) is 81.4. The van der Waals surface area contributed by atoms with Crippen LogP contribution in [0.15, 0.2) is 48.6 Å². The predicted molar refractivity (Wildman–Crippen MR) is 324 cm³/mol. The largest absolute Gasteiger partial charge is 0.466 e. The molecular formula is C68H127NO5. The van der Waals surface area contributed by atoms with Crippen molar-refractivity contribution in [2.24, 2.45) is 0 Å². The number of unbranched alkanes of at least 4 members (excludes halogenated alkanes) is 43. The van der Waals surface area contributed by atoms with Crippen molar-refractivity contribution in [3.05, 3.63) is 48.6 Å². The number of rotatable bonds is 61. The first kappa shape index (κ1) is 71.8. The highest BCUT2D eigenvalue weighted by atomic mass is 16.5. The maximum absolute atomic E-state index is 12.5. The summed E-state index contributed by atoms with van der Waals surface area (Å²) in [5.74, 6) is -0.0706. The number of allylic oxidation sites excluding steroid dienone is 8. The Bertz CT molecular complexity index is 1240. The van der Waals surface area contributed by atoms with Gasteiger partial charge in [0.25, 0.3) is 0 Å². The van der Waals surface area contributed by atoms with Crippen LogP contribution in [0.3, 0.4) is 0 Å². The normalized spacial score (nSPS) is 12.9. The number of aliphatic hydroxyl groups excluding tert-OH is 2. The van der Waals surface area contributed by atoms with Gasteiger partial charge in [0.1, 0.15) is 0 Å². The standard InChI is InChI=1S/C68H127NO5/c1-3-5-7-9-11-13-15-17-18-19-20-21-22-23-24-25-27-30-33-37-40-44-48-52-56-60-66(71)65(64-70)69-67(72)61-57-53-49-45-41-38-34-31-28-26-29-32-35-39-43-47-51-55-59-63-74-68(73)62-58-54-50-46-42-36-16-14-12-10-8-6-4-2/h8,10,14,16,32,35,39,43,65-66,70-71H,3-7,9,11-13,15,17-31,33-34,36-38,40-42,44-64H2,1-2H3,(H,69,72)/b10-8-,16-14-,35-32-,43-39-. The number of hydrogen-bond donors (Lipinski definition) is 3. The minimum Gasteiger partial charge on any atom is -0.466 e. The first-order valence-corrected chi connectivity index (χ1v) is 32.9. The number of amides is 1. The number of esters is 1. The molecule has 6 heteroatoms. The molecule has 0 aliphatic heterocycles. The molecule has 3 N–H and O–H groups in total. The van der Waals surface area contributed by atoms with E-state index in [9.17, 15) is 19.8 Å². The molecule has 0 aliphatic carbocycles. The van der Waals surface area contributed by atoms with Gasteiger partial charge in [-0.15, -0.1) is 0 Å². The molecule has 1 amide bonds. The lowest BCUT2D eigenvalue weighted by Gasteiger charge is -2.22. The van der Waals surface area contributed by atoms with E-state index < -0.39 is 12.1 Å². The minimum atomic E-state index is -0.674. The van der Waals surface area contributed by atoms with E-state index in [-0.39, 0.29) is 18.5 Å². The average molecular weight is 1040 g/mol. The molecule has 6 nitrogen and oxygen atoms in total. The molecule has 0 heterocycles. The van der Waals surface area contributed by atoms with Crippen molar-refractivity contribution in [3.8, 4) is 0 Å². The summed E-state index contributed by atoms with van der Waals surface area (Å²) < 4.78 is 5.44. The predicted octanol–water partition coefficient (Wildman–Crippen LogP) is 20.9. The Morgan fingerprint density at radius 2 is 0.743 bits per heavy atom. The van der Waals surface area contributed by atoms with E-state index in [0.717, 1.165) is 83.5 Å². The molecule has 0 aliphatic rings. The molecule has 0 fully saturated rings. The molecule has 0 saturated carbocycles. The highest BCUT2D eigenvalue weighted by Crippen LogP contribution is 2.18. The molecule has 0 aromatic heterocycles. The van der Waals surface area contributed by atoms with Crippen LogP contribution in [0.4, 0.5) is 0 Å². The average Bonchev–Trinajstić information content (AvgIpc) is 3.40. The fraction of sp³-hybridized carbons (Fsp3) is 0.853. The Labute approximate surface area is 461 Å². The van der Waals surface area contributed by atoms with Crippen LogP contribution in [0, 0.1) is 0 Å². The van der Waals surface area contributed by atoms with Gasteiger partial charge in [0.05, 0.1) is 25.4 Å². The Kier molecular flexibility index (Phi) is 61.5. The third-order valence-electron chi connectivity index (χ3n) is 15.1. The summed E-state index contributed by atoms with van der Waals surface area (Å²) in [6.45, 7) is 4.86. The van der Waals surface area contributed by atoms with Gasteiger partial charge in [-0.2, -0.15) is 0 Å². The van der Waals surface area contributed by atoms with Crippen molar-refractivity contribution >= 4 is 11.9 Å². The Balaban J connectivity index is 3.47. The van der Waals surface area contributed by atoms with Gasteiger partial charge in [-0.05, 0) is 83.5 Å². The van der Waals surface area contributed by atoms with Crippen molar-refractivity contribution in [2.75, 3.05) is 13.2 Å². The third-order valence-corrected chi connectivity index (χ3v) is 15.1. The van der Waals surface area contributed by atoms with E-state index in [1.54, 1.807) is 0 Å². The van der Waals surface area contributed by atoms with Crippen LogP contribution >= 0.6 is 0 Å². The van der Waals surface area contributed by atoms with E-state index >= 15 is 0 Å². The van der Waals surface area contributed by atoms with Crippen molar-refractivity contribution in [3.63, 3.8) is 0 Å². The smallest absolute Gasteiger partial charge is 0.305 e. The van der Waals surface area contributed by atoms with Crippen LogP contribution in [-0.4, -0.2) is 47.4 Å². The SMILES string of the molecule is CCC/C=C\C/C=C\CCCCCCCC(=O)OCCCCC/C=C\C=C/CCCCCCCCCCCCC(=O)NC(CO)C(O)CCCCCCCCCCCCCCCCCCCCCCCCCCC. The molecule has 0 spiro atoms. The van der Waals surface area contributed by atoms with Crippen LogP contribution in [-0.2, 0) is 14.3 Å². The summed E-state index contributed by atoms with van der Waals surface area (Å²) in [5.41, 5.74) is 0. The van der Waals surface area contributed by atoms with Gasteiger partial charge in [0, 0.05) is 12.8 Å². The topological polar surface area (TPSA) is 95.9 Å². The maximum atomic E-state index is 12.5. The molecule has 0 bridgehead atoms. The van der Waals surface area contributed by atoms with Crippen molar-refractivity contribution in [1.29, 1.82) is 0 Å². The van der Waals surface area contributed by atoms with Gasteiger partial charge in [0.2, 0.25) is 5.91 Å². The van der Waals surface area contributed by atoms with E-state index in [4.69, 9.17) is 4.74 Å². The van der Waals surface area contributed by atoms with E-state index in [2.05, 4.69) is 67.8 Å². The summed E-state index contributed by atoms with van der Waals surface area (Å²) in [5, 5.41) is 23.4. The minimum absolute atomic E-state index is 0.0285. The van der Waals surface area contributed by atoms with E-state index in [0.29, 0.717) is 25.9 Å². The zero-order valence-corrected chi connectivity index (χ0v) is 49.6. The summed E-state index contributed by atoms with van der Waals surface area (Å²) in [4.78, 5) is 24.6. The number of carbonyl (C=O) groups is 2. The number of nitrogens with one attached hydrogen (secondary N) is 1. The van der Waals surface area contributed by atoms with Crippen LogP contribution in [0.1, 0.15) is 348 Å². The Morgan fingerprint density at radius 1 is 0.392 bits per heavy atom. The zero-order valence-electron chi connectivity index (χ0n) is 49.6. The molecule has 2 atom stereocenters. The van der Waals surface area contributed by atoms with Gasteiger partial charge in [0.15, 0.2) is 0 Å². The first-order chi connectivity index (χ1) is 36.5. The van der Waals surface area contributed by atoms with Crippen molar-refractivity contribution in [2.45, 2.75) is 360 Å². The van der Waals surface area contributed by atoms with Crippen molar-refractivity contribution in [1.82, 2.24) is 5.32 Å². The fourth-order valence-corrected chi connectivity index (χ4v) is 10.1. The van der Waals surface area contributed by atoms with Gasteiger partial charge >= 0.3 is 5.97 Å². The van der Waals surface area contributed by atoms with Gasteiger partial charge in [-0.3, -0.25) is 9.59 Å². The molecule has 0 saturated heterocycles. The molecule has 0 aromatic rings. The summed E-state index contributed by atoms with van der Waals surface area (Å²) in [6, 6.07) is -0.552. The van der Waals surface area contributed by atoms with Crippen LogP contribution in [0.2, 0.25) is 0 Å². The quantitative estimate of drug-likeness (QED) is 0.0244. The third kappa shape index (κ3) is 59.1. The second kappa shape index (κ2) is 63.4. The highest BCUT2D eigenvalue weighted by molar-refractivity contribution is 5.76. The summed E-state index contributed by atoms with van der Waals surface area (Å²) in [7, 11) is 0. The Hall–Kier alpha value is -2.18. The molecule has 2 unspecified atom stereocenters. The maximum Gasteiger partial charge on any atom is 0.305 e. The molecule has 0 rings (SSSR count). The lowest BCUT2D eigenvalue weighted by Crippen LogP contribution is -2.45. The van der Waals surface area contributed by atoms with Crippen LogP contribution < -0.4 is 5.32 Å². The van der Waals surface area contributed by atoms with Crippen LogP contribution in [0.5, 0.6) is 0 Å². The number of aliphatic hydroxyl groups is 2. The molecule has 0 aromatic carbocycles. The van der Waals surface area contributed by atoms with Crippen molar-refractivity contribution < 1.29 is 24.5 Å². The van der Waals surface area contributed by atoms with E-state index in [1.807, 2.05) is 0 Å². The van der Waals surface area contributed by atoms with E-state index in [1.165, 1.54) is 231 Å². The van der Waals surface area contributed by atoms with Crippen LogP contribution in [0.25, 0.3) is 0 Å². The summed E-state index contributed by atoms with van der Waals surface area (Å²) >= 11 is 0. The highest BCUT2D eigenvalue weighted by Gasteiger charge is 2.20. The lowest BCUT2D eigenvalue weighted by molar-refractivity contribution is -0.143. The second-order valence-corrected chi connectivity index (χ2v) is 22.5. The first-order valence-electron chi connectivity index (χ1n) is 32.9. The molecule has 0 radical (unpaired) electrons. The zero-order chi connectivity index (χ0) is 53.6. The molecule has 434 valence electrons. The van der Waals surface area contributed by atoms with Gasteiger partial charge < -0.3 is 20.3 Å².